The van der Waals surface area contributed by atoms with Crippen LogP contribution < -0.4 is 10.2 Å². The molecule has 2 aliphatic rings. The number of aromatic nitrogens is 1. The van der Waals surface area contributed by atoms with Crippen LogP contribution in [-0.4, -0.2) is 30.5 Å². The largest absolute Gasteiger partial charge is 0.369 e. The summed E-state index contributed by atoms with van der Waals surface area (Å²) in [7, 11) is 0. The molecule has 2 fully saturated rings. The normalized spacial score (nSPS) is 20.9. The van der Waals surface area contributed by atoms with Crippen LogP contribution in [0.4, 0.5) is 14.5 Å². The van der Waals surface area contributed by atoms with Gasteiger partial charge in [-0.3, -0.25) is 4.79 Å². The summed E-state index contributed by atoms with van der Waals surface area (Å²) in [6, 6.07) is 6.57. The predicted octanol–water partition coefficient (Wildman–Crippen LogP) is 5.96. The number of pyridine rings is 1. The quantitative estimate of drug-likeness (QED) is 0.501. The number of carbonyl (C=O) groups excluding carboxylic acids is 1. The zero-order chi connectivity index (χ0) is 23.3. The Bertz CT molecular complexity index is 1210. The lowest BCUT2D eigenvalue weighted by Crippen LogP contribution is -2.37. The van der Waals surface area contributed by atoms with E-state index in [9.17, 15) is 4.79 Å². The van der Waals surface area contributed by atoms with Crippen LogP contribution in [0, 0.1) is 37.3 Å². The van der Waals surface area contributed by atoms with Crippen molar-refractivity contribution in [1.82, 2.24) is 10.3 Å². The van der Waals surface area contributed by atoms with E-state index in [2.05, 4.69) is 10.3 Å². The molecule has 33 heavy (non-hydrogen) atoms. The molecule has 4 nitrogen and oxygen atoms in total. The smallest absolute Gasteiger partial charge is 0.261 e. The minimum absolute atomic E-state index is 0.207. The third-order valence-corrected chi connectivity index (χ3v) is 8.46. The molecule has 3 atom stereocenters. The van der Waals surface area contributed by atoms with Crippen LogP contribution in [0.3, 0.4) is 0 Å². The fourth-order valence-electron chi connectivity index (χ4n) is 5.42. The van der Waals surface area contributed by atoms with E-state index < -0.39 is 5.82 Å². The minimum Gasteiger partial charge on any atom is -0.369 e. The van der Waals surface area contributed by atoms with Gasteiger partial charge in [-0.15, -0.1) is 11.3 Å². The van der Waals surface area contributed by atoms with Crippen LogP contribution in [-0.2, 0) is 0 Å². The molecule has 2 bridgehead atoms. The summed E-state index contributed by atoms with van der Waals surface area (Å²) in [4.78, 5) is 20.8. The molecule has 1 N–H and O–H groups in total. The number of carbonyl (C=O) groups is 1. The van der Waals surface area contributed by atoms with E-state index in [1.807, 2.05) is 37.8 Å². The van der Waals surface area contributed by atoms with Crippen molar-refractivity contribution in [3.63, 3.8) is 0 Å². The number of amides is 1. The molecule has 1 aliphatic heterocycles. The fourth-order valence-corrected chi connectivity index (χ4v) is 6.56. The van der Waals surface area contributed by atoms with E-state index in [0.29, 0.717) is 28.0 Å². The number of rotatable bonds is 5. The van der Waals surface area contributed by atoms with E-state index >= 15 is 8.78 Å². The second kappa shape index (κ2) is 8.67. The fraction of sp³-hybridized carbons (Fsp3) is 0.462. The molecule has 0 spiro atoms. The summed E-state index contributed by atoms with van der Waals surface area (Å²) in [5.41, 5.74) is 2.46. The zero-order valence-electron chi connectivity index (χ0n) is 19.3. The molecular formula is C26H29F2N3OS. The van der Waals surface area contributed by atoms with Crippen molar-refractivity contribution in [3.05, 3.63) is 57.6 Å². The second-order valence-electron chi connectivity index (χ2n) is 9.75. The molecule has 1 saturated carbocycles. The number of thiophene rings is 1. The van der Waals surface area contributed by atoms with Gasteiger partial charge in [0.2, 0.25) is 0 Å². The van der Waals surface area contributed by atoms with Crippen LogP contribution in [0.15, 0.2) is 24.3 Å². The standard InChI is InChI=1S/C26H29F2N3OS/c1-14(11-29-25(32)24-16(3)19-7-4-15(2)30-26(19)33-24)20-9-22(28)23(10-21(20)27)31-12-17-5-6-18(8-17)13-31/h4,7,9-10,14,17-18H,5-6,8,11-13H2,1-3H3,(H,29,32)/t14-,17?,18?/m0/s1. The van der Waals surface area contributed by atoms with Crippen molar-refractivity contribution in [2.24, 2.45) is 11.8 Å². The van der Waals surface area contributed by atoms with Crippen LogP contribution in [0.25, 0.3) is 10.2 Å². The lowest BCUT2D eigenvalue weighted by Gasteiger charge is -2.34. The predicted molar refractivity (Wildman–Crippen MR) is 129 cm³/mol. The molecule has 7 heteroatoms. The van der Waals surface area contributed by atoms with Crippen molar-refractivity contribution in [3.8, 4) is 0 Å². The Hall–Kier alpha value is -2.54. The number of anilines is 1. The van der Waals surface area contributed by atoms with Crippen LogP contribution in [0.5, 0.6) is 0 Å². The topological polar surface area (TPSA) is 45.2 Å². The molecule has 3 aromatic rings. The summed E-state index contributed by atoms with van der Waals surface area (Å²) in [5.74, 6) is -0.171. The van der Waals surface area contributed by atoms with E-state index in [-0.39, 0.29) is 24.2 Å². The number of nitrogens with one attached hydrogen (secondary N) is 1. The molecule has 1 amide bonds. The number of nitrogens with zero attached hydrogens (tertiary/aromatic N) is 2. The number of halogens is 2. The first-order chi connectivity index (χ1) is 15.8. The average molecular weight is 470 g/mol. The molecule has 1 saturated heterocycles. The van der Waals surface area contributed by atoms with Crippen LogP contribution >= 0.6 is 11.3 Å². The minimum atomic E-state index is -0.413. The molecule has 5 rings (SSSR count). The SMILES string of the molecule is Cc1ccc2c(C)c(C(=O)NC[C@H](C)c3cc(F)c(N4CC5CCC(C5)C4)cc3F)sc2n1. The number of piperidine rings is 1. The number of hydrogen-bond donors (Lipinski definition) is 1. The molecule has 1 aromatic carbocycles. The Morgan fingerprint density at radius 1 is 1.18 bits per heavy atom. The van der Waals surface area contributed by atoms with E-state index in [0.717, 1.165) is 34.6 Å². The van der Waals surface area contributed by atoms with Crippen molar-refractivity contribution in [1.29, 1.82) is 0 Å². The first-order valence-corrected chi connectivity index (χ1v) is 12.5. The highest BCUT2D eigenvalue weighted by molar-refractivity contribution is 7.20. The summed E-state index contributed by atoms with van der Waals surface area (Å²) in [6.45, 7) is 7.48. The maximum absolute atomic E-state index is 15.0. The van der Waals surface area contributed by atoms with Crippen LogP contribution in [0.2, 0.25) is 0 Å². The molecular weight excluding hydrogens is 440 g/mol. The summed E-state index contributed by atoms with van der Waals surface area (Å²) in [6.07, 6.45) is 3.59. The van der Waals surface area contributed by atoms with Gasteiger partial charge < -0.3 is 10.2 Å². The zero-order valence-corrected chi connectivity index (χ0v) is 20.1. The van der Waals surface area contributed by atoms with E-state index in [1.165, 1.54) is 42.7 Å². The van der Waals surface area contributed by atoms with Crippen molar-refractivity contribution >= 4 is 33.1 Å². The van der Waals surface area contributed by atoms with Gasteiger partial charge in [0.15, 0.2) is 0 Å². The number of hydrogen-bond acceptors (Lipinski definition) is 4. The van der Waals surface area contributed by atoms with Gasteiger partial charge >= 0.3 is 0 Å². The molecule has 3 heterocycles. The summed E-state index contributed by atoms with van der Waals surface area (Å²) < 4.78 is 30.0. The van der Waals surface area contributed by atoms with Gasteiger partial charge in [-0.2, -0.15) is 0 Å². The van der Waals surface area contributed by atoms with Crippen molar-refractivity contribution < 1.29 is 13.6 Å². The Morgan fingerprint density at radius 3 is 2.64 bits per heavy atom. The summed E-state index contributed by atoms with van der Waals surface area (Å²) >= 11 is 1.36. The first kappa shape index (κ1) is 22.3. The maximum atomic E-state index is 15.0. The Kier molecular flexibility index (Phi) is 5.85. The van der Waals surface area contributed by atoms with Crippen LogP contribution in [0.1, 0.15) is 58.6 Å². The Morgan fingerprint density at radius 2 is 1.91 bits per heavy atom. The number of aryl methyl sites for hydroxylation is 2. The third kappa shape index (κ3) is 4.23. The van der Waals surface area contributed by atoms with Gasteiger partial charge in [0, 0.05) is 42.7 Å². The van der Waals surface area contributed by atoms with E-state index in [1.54, 1.807) is 0 Å². The number of benzene rings is 1. The second-order valence-corrected chi connectivity index (χ2v) is 10.7. The van der Waals surface area contributed by atoms with Crippen molar-refractivity contribution in [2.75, 3.05) is 24.5 Å². The lowest BCUT2D eigenvalue weighted by atomic mass is 9.96. The monoisotopic (exact) mass is 469 g/mol. The summed E-state index contributed by atoms with van der Waals surface area (Å²) in [5, 5.41) is 3.87. The van der Waals surface area contributed by atoms with Gasteiger partial charge in [-0.1, -0.05) is 6.92 Å². The van der Waals surface area contributed by atoms with E-state index in [4.69, 9.17) is 0 Å². The van der Waals surface area contributed by atoms with Gasteiger partial charge in [-0.25, -0.2) is 13.8 Å². The third-order valence-electron chi connectivity index (χ3n) is 7.26. The average Bonchev–Trinajstić information content (AvgIpc) is 3.30. The van der Waals surface area contributed by atoms with Crippen molar-refractivity contribution in [2.45, 2.75) is 46.0 Å². The highest BCUT2D eigenvalue weighted by Crippen LogP contribution is 2.39. The maximum Gasteiger partial charge on any atom is 0.261 e. The number of fused-ring (bicyclic) bond motifs is 3. The first-order valence-electron chi connectivity index (χ1n) is 11.7. The molecule has 2 unspecified atom stereocenters. The van der Waals surface area contributed by atoms with Gasteiger partial charge in [0.25, 0.3) is 5.91 Å². The highest BCUT2D eigenvalue weighted by atomic mass is 32.1. The van der Waals surface area contributed by atoms with Gasteiger partial charge in [-0.05, 0) is 74.3 Å². The Balaban J connectivity index is 1.29. The molecule has 0 radical (unpaired) electrons. The van der Waals surface area contributed by atoms with Gasteiger partial charge in [0.1, 0.15) is 16.5 Å². The lowest BCUT2D eigenvalue weighted by molar-refractivity contribution is 0.0955. The van der Waals surface area contributed by atoms with Gasteiger partial charge in [0.05, 0.1) is 10.6 Å². The Labute approximate surface area is 197 Å². The molecule has 174 valence electrons. The molecule has 2 aromatic heterocycles. The highest BCUT2D eigenvalue weighted by Gasteiger charge is 2.34. The molecule has 1 aliphatic carbocycles.